The number of alkyl halides is 3. The van der Waals surface area contributed by atoms with E-state index in [0.717, 1.165) is 11.6 Å². The van der Waals surface area contributed by atoms with Crippen LogP contribution in [0.4, 0.5) is 13.2 Å². The third kappa shape index (κ3) is 2.93. The first-order chi connectivity index (χ1) is 8.89. The van der Waals surface area contributed by atoms with Crippen LogP contribution in [0, 0.1) is 6.92 Å². The van der Waals surface area contributed by atoms with Crippen molar-refractivity contribution in [3.05, 3.63) is 65.0 Å². The Hall–Kier alpha value is -1.88. The quantitative estimate of drug-likeness (QED) is 0.904. The van der Waals surface area contributed by atoms with Gasteiger partial charge in [-0.1, -0.05) is 29.8 Å². The van der Waals surface area contributed by atoms with Crippen molar-refractivity contribution in [3.63, 3.8) is 0 Å². The molecule has 5 heteroatoms. The van der Waals surface area contributed by atoms with Gasteiger partial charge in [-0.25, -0.2) is 0 Å². The monoisotopic (exact) mass is 266 g/mol. The average Bonchev–Trinajstić information content (AvgIpc) is 2.37. The molecule has 2 nitrogen and oxygen atoms in total. The molecule has 0 aliphatic heterocycles. The second-order valence-electron chi connectivity index (χ2n) is 4.33. The van der Waals surface area contributed by atoms with Crippen molar-refractivity contribution < 1.29 is 13.2 Å². The average molecular weight is 266 g/mol. The Morgan fingerprint density at radius 2 is 1.89 bits per heavy atom. The number of nitrogens with two attached hydrogens (primary N) is 1. The largest absolute Gasteiger partial charge is 0.418 e. The minimum Gasteiger partial charge on any atom is -0.319 e. The van der Waals surface area contributed by atoms with Crippen LogP contribution >= 0.6 is 0 Å². The number of pyridine rings is 1. The molecule has 2 aromatic rings. The van der Waals surface area contributed by atoms with E-state index in [1.165, 1.54) is 12.3 Å². The highest BCUT2D eigenvalue weighted by atomic mass is 19.4. The summed E-state index contributed by atoms with van der Waals surface area (Å²) in [6, 6.07) is 8.46. The summed E-state index contributed by atoms with van der Waals surface area (Å²) in [6.45, 7) is 1.86. The van der Waals surface area contributed by atoms with Crippen LogP contribution in [0.3, 0.4) is 0 Å². The predicted octanol–water partition coefficient (Wildman–Crippen LogP) is 3.46. The van der Waals surface area contributed by atoms with Crippen molar-refractivity contribution >= 4 is 0 Å². The number of aromatic nitrogens is 1. The van der Waals surface area contributed by atoms with Gasteiger partial charge in [0.25, 0.3) is 0 Å². The van der Waals surface area contributed by atoms with E-state index in [1.54, 1.807) is 18.2 Å². The van der Waals surface area contributed by atoms with Crippen LogP contribution < -0.4 is 5.73 Å². The molecule has 19 heavy (non-hydrogen) atoms. The molecule has 1 heterocycles. The van der Waals surface area contributed by atoms with Crippen LogP contribution in [0.15, 0.2) is 42.6 Å². The van der Waals surface area contributed by atoms with Gasteiger partial charge in [0.2, 0.25) is 0 Å². The fourth-order valence-corrected chi connectivity index (χ4v) is 1.93. The first kappa shape index (κ1) is 13.5. The maximum absolute atomic E-state index is 12.9. The third-order valence-electron chi connectivity index (χ3n) is 2.84. The summed E-state index contributed by atoms with van der Waals surface area (Å²) < 4.78 is 38.7. The zero-order valence-corrected chi connectivity index (χ0v) is 10.3. The first-order valence-electron chi connectivity index (χ1n) is 5.74. The molecule has 0 amide bonds. The van der Waals surface area contributed by atoms with E-state index in [-0.39, 0.29) is 5.69 Å². The normalized spacial score (nSPS) is 13.3. The lowest BCUT2D eigenvalue weighted by molar-refractivity contribution is -0.138. The van der Waals surface area contributed by atoms with E-state index >= 15 is 0 Å². The van der Waals surface area contributed by atoms with E-state index in [4.69, 9.17) is 5.73 Å². The number of halogens is 3. The lowest BCUT2D eigenvalue weighted by Gasteiger charge is -2.17. The van der Waals surface area contributed by atoms with Crippen molar-refractivity contribution in [2.45, 2.75) is 19.1 Å². The topological polar surface area (TPSA) is 38.9 Å². The molecule has 0 fully saturated rings. The molecule has 2 N–H and O–H groups in total. The Morgan fingerprint density at radius 3 is 2.53 bits per heavy atom. The molecule has 2 rings (SSSR count). The van der Waals surface area contributed by atoms with Gasteiger partial charge in [-0.15, -0.1) is 0 Å². The van der Waals surface area contributed by atoms with Gasteiger partial charge < -0.3 is 5.73 Å². The van der Waals surface area contributed by atoms with Gasteiger partial charge in [0.15, 0.2) is 0 Å². The standard InChI is InChI=1S/C14H13F3N2/c1-9-4-2-5-10(8-9)12(18)13-11(14(15,16)17)6-3-7-19-13/h2-8,12H,18H2,1H3. The summed E-state index contributed by atoms with van der Waals surface area (Å²) in [5.41, 5.74) is 6.54. The highest BCUT2D eigenvalue weighted by Gasteiger charge is 2.35. The minimum absolute atomic E-state index is 0.152. The summed E-state index contributed by atoms with van der Waals surface area (Å²) in [5.74, 6) is 0. The van der Waals surface area contributed by atoms with Crippen LogP contribution in [-0.2, 0) is 6.18 Å². The number of benzene rings is 1. The van der Waals surface area contributed by atoms with Crippen LogP contribution in [0.5, 0.6) is 0 Å². The van der Waals surface area contributed by atoms with E-state index in [0.29, 0.717) is 5.56 Å². The molecule has 1 aromatic carbocycles. The SMILES string of the molecule is Cc1cccc(C(N)c2ncccc2C(F)(F)F)c1. The first-order valence-corrected chi connectivity index (χ1v) is 5.74. The van der Waals surface area contributed by atoms with Gasteiger partial charge in [0.05, 0.1) is 17.3 Å². The zero-order valence-electron chi connectivity index (χ0n) is 10.3. The number of rotatable bonds is 2. The predicted molar refractivity (Wildman–Crippen MR) is 66.4 cm³/mol. The van der Waals surface area contributed by atoms with Gasteiger partial charge in [0, 0.05) is 6.20 Å². The smallest absolute Gasteiger partial charge is 0.319 e. The van der Waals surface area contributed by atoms with Crippen LogP contribution in [0.25, 0.3) is 0 Å². The molecule has 1 unspecified atom stereocenters. The Morgan fingerprint density at radius 1 is 1.16 bits per heavy atom. The van der Waals surface area contributed by atoms with Gasteiger partial charge in [-0.3, -0.25) is 4.98 Å². The molecule has 1 aromatic heterocycles. The highest BCUT2D eigenvalue weighted by Crippen LogP contribution is 2.34. The second-order valence-corrected chi connectivity index (χ2v) is 4.33. The van der Waals surface area contributed by atoms with Gasteiger partial charge in [-0.2, -0.15) is 13.2 Å². The second kappa shape index (κ2) is 5.01. The Balaban J connectivity index is 2.48. The molecular formula is C14H13F3N2. The maximum Gasteiger partial charge on any atom is 0.418 e. The van der Waals surface area contributed by atoms with Crippen molar-refractivity contribution in [2.24, 2.45) is 5.73 Å². The Labute approximate surface area is 109 Å². The number of hydrogen-bond acceptors (Lipinski definition) is 2. The van der Waals surface area contributed by atoms with Crippen molar-refractivity contribution in [1.82, 2.24) is 4.98 Å². The maximum atomic E-state index is 12.9. The highest BCUT2D eigenvalue weighted by molar-refractivity contribution is 5.35. The minimum atomic E-state index is -4.45. The molecule has 1 atom stereocenters. The van der Waals surface area contributed by atoms with Gasteiger partial charge >= 0.3 is 6.18 Å². The van der Waals surface area contributed by atoms with E-state index in [1.807, 2.05) is 13.0 Å². The number of aryl methyl sites for hydroxylation is 1. The number of nitrogens with zero attached hydrogens (tertiary/aromatic N) is 1. The van der Waals surface area contributed by atoms with E-state index < -0.39 is 17.8 Å². The van der Waals surface area contributed by atoms with Gasteiger partial charge in [0.1, 0.15) is 0 Å². The molecule has 0 aliphatic rings. The zero-order chi connectivity index (χ0) is 14.0. The molecular weight excluding hydrogens is 253 g/mol. The summed E-state index contributed by atoms with van der Waals surface area (Å²) in [7, 11) is 0. The molecule has 0 spiro atoms. The van der Waals surface area contributed by atoms with Crippen molar-refractivity contribution in [1.29, 1.82) is 0 Å². The third-order valence-corrected chi connectivity index (χ3v) is 2.84. The summed E-state index contributed by atoms with van der Waals surface area (Å²) in [4.78, 5) is 3.81. The summed E-state index contributed by atoms with van der Waals surface area (Å²) in [6.07, 6.45) is -3.13. The van der Waals surface area contributed by atoms with Crippen LogP contribution in [-0.4, -0.2) is 4.98 Å². The van der Waals surface area contributed by atoms with E-state index in [9.17, 15) is 13.2 Å². The van der Waals surface area contributed by atoms with Gasteiger partial charge in [-0.05, 0) is 24.6 Å². The number of hydrogen-bond donors (Lipinski definition) is 1. The van der Waals surface area contributed by atoms with Crippen molar-refractivity contribution in [3.8, 4) is 0 Å². The molecule has 0 aliphatic carbocycles. The molecule has 100 valence electrons. The lowest BCUT2D eigenvalue weighted by atomic mass is 9.98. The summed E-state index contributed by atoms with van der Waals surface area (Å²) >= 11 is 0. The fraction of sp³-hybridized carbons (Fsp3) is 0.214. The van der Waals surface area contributed by atoms with Crippen LogP contribution in [0.2, 0.25) is 0 Å². The van der Waals surface area contributed by atoms with Crippen molar-refractivity contribution in [2.75, 3.05) is 0 Å². The Kier molecular flexibility index (Phi) is 3.57. The molecule has 0 radical (unpaired) electrons. The fourth-order valence-electron chi connectivity index (χ4n) is 1.93. The van der Waals surface area contributed by atoms with Crippen LogP contribution in [0.1, 0.15) is 28.4 Å². The van der Waals surface area contributed by atoms with E-state index in [2.05, 4.69) is 4.98 Å². The molecule has 0 saturated heterocycles. The molecule has 0 bridgehead atoms. The summed E-state index contributed by atoms with van der Waals surface area (Å²) in [5, 5.41) is 0. The molecule has 0 saturated carbocycles. The lowest BCUT2D eigenvalue weighted by Crippen LogP contribution is -2.20. The Bertz CT molecular complexity index is 579.